The van der Waals surface area contributed by atoms with Gasteiger partial charge in [-0.3, -0.25) is 9.59 Å². The first-order valence-electron chi connectivity index (χ1n) is 6.41. The van der Waals surface area contributed by atoms with Crippen molar-refractivity contribution in [3.05, 3.63) is 20.8 Å². The molecule has 1 heterocycles. The molecule has 0 aliphatic heterocycles. The van der Waals surface area contributed by atoms with Gasteiger partial charge in [-0.15, -0.1) is 11.3 Å². The summed E-state index contributed by atoms with van der Waals surface area (Å²) in [6.45, 7) is 7.74. The molecule has 0 aromatic carbocycles. The maximum Gasteiger partial charge on any atom is 0.244 e. The zero-order valence-corrected chi connectivity index (χ0v) is 14.9. The first-order valence-corrected chi connectivity index (χ1v) is 8.02. The Kier molecular flexibility index (Phi) is 5.77. The summed E-state index contributed by atoms with van der Waals surface area (Å²) in [6, 6.07) is 3.43. The highest BCUT2D eigenvalue weighted by molar-refractivity contribution is 9.11. The van der Waals surface area contributed by atoms with Crippen LogP contribution in [-0.4, -0.2) is 29.8 Å². The molecule has 1 aromatic heterocycles. The fourth-order valence-corrected chi connectivity index (χ4v) is 3.09. The van der Waals surface area contributed by atoms with Crippen molar-refractivity contribution in [2.75, 3.05) is 7.05 Å². The third-order valence-electron chi connectivity index (χ3n) is 2.80. The zero-order chi connectivity index (χ0) is 15.5. The minimum Gasteiger partial charge on any atom is -0.344 e. The number of likely N-dealkylation sites (N-methyl/N-ethyl adjacent to an activating group) is 1. The van der Waals surface area contributed by atoms with Gasteiger partial charge >= 0.3 is 0 Å². The number of hydrogen-bond donors (Lipinski definition) is 1. The van der Waals surface area contributed by atoms with Gasteiger partial charge in [-0.1, -0.05) is 20.8 Å². The average molecular weight is 361 g/mol. The van der Waals surface area contributed by atoms with Gasteiger partial charge in [0.2, 0.25) is 11.8 Å². The highest BCUT2D eigenvalue weighted by Gasteiger charge is 2.26. The lowest BCUT2D eigenvalue weighted by molar-refractivity contribution is -0.137. The van der Waals surface area contributed by atoms with Gasteiger partial charge in [-0.05, 0) is 35.0 Å². The molecule has 1 atom stereocenters. The molecule has 0 bridgehead atoms. The Bertz CT molecular complexity index is 494. The van der Waals surface area contributed by atoms with Crippen molar-refractivity contribution >= 4 is 39.1 Å². The third-order valence-corrected chi connectivity index (χ3v) is 4.41. The number of amides is 2. The van der Waals surface area contributed by atoms with E-state index < -0.39 is 11.5 Å². The van der Waals surface area contributed by atoms with Crippen LogP contribution in [0.25, 0.3) is 0 Å². The Morgan fingerprint density at radius 1 is 1.40 bits per heavy atom. The van der Waals surface area contributed by atoms with Crippen LogP contribution in [0.2, 0.25) is 0 Å². The van der Waals surface area contributed by atoms with Crippen molar-refractivity contribution in [1.82, 2.24) is 10.2 Å². The quantitative estimate of drug-likeness (QED) is 0.896. The number of nitrogens with zero attached hydrogens (tertiary/aromatic N) is 1. The monoisotopic (exact) mass is 360 g/mol. The van der Waals surface area contributed by atoms with Crippen molar-refractivity contribution in [1.29, 1.82) is 0 Å². The van der Waals surface area contributed by atoms with E-state index in [-0.39, 0.29) is 11.8 Å². The molecule has 0 unspecified atom stereocenters. The smallest absolute Gasteiger partial charge is 0.244 e. The predicted molar refractivity (Wildman–Crippen MR) is 85.6 cm³/mol. The topological polar surface area (TPSA) is 49.4 Å². The van der Waals surface area contributed by atoms with Gasteiger partial charge < -0.3 is 10.2 Å². The number of rotatable bonds is 4. The maximum absolute atomic E-state index is 12.2. The lowest BCUT2D eigenvalue weighted by Gasteiger charge is -2.25. The number of halogens is 1. The van der Waals surface area contributed by atoms with Crippen LogP contribution in [-0.2, 0) is 16.1 Å². The van der Waals surface area contributed by atoms with E-state index in [9.17, 15) is 9.59 Å². The van der Waals surface area contributed by atoms with Gasteiger partial charge in [-0.2, -0.15) is 0 Å². The SMILES string of the molecule is C[C@@H](NC(=O)C(C)(C)C)C(=O)N(C)Cc1ccc(Br)s1. The minimum absolute atomic E-state index is 0.0906. The minimum atomic E-state index is -0.518. The van der Waals surface area contributed by atoms with E-state index in [1.54, 1.807) is 30.2 Å². The number of thiophene rings is 1. The molecule has 0 radical (unpaired) electrons. The van der Waals surface area contributed by atoms with Crippen LogP contribution in [0.4, 0.5) is 0 Å². The second-order valence-electron chi connectivity index (χ2n) is 5.85. The Labute approximate surface area is 132 Å². The Balaban J connectivity index is 2.58. The number of hydrogen-bond acceptors (Lipinski definition) is 3. The number of nitrogens with one attached hydrogen (secondary N) is 1. The molecule has 6 heteroatoms. The molecule has 0 saturated heterocycles. The highest BCUT2D eigenvalue weighted by Crippen LogP contribution is 2.23. The molecule has 112 valence electrons. The highest BCUT2D eigenvalue weighted by atomic mass is 79.9. The van der Waals surface area contributed by atoms with Crippen molar-refractivity contribution in [2.45, 2.75) is 40.3 Å². The van der Waals surface area contributed by atoms with Crippen LogP contribution in [0.3, 0.4) is 0 Å². The zero-order valence-electron chi connectivity index (χ0n) is 12.5. The fraction of sp³-hybridized carbons (Fsp3) is 0.571. The summed E-state index contributed by atoms with van der Waals surface area (Å²) in [5.74, 6) is -0.210. The summed E-state index contributed by atoms with van der Waals surface area (Å²) in [5.41, 5.74) is -0.494. The molecule has 4 nitrogen and oxygen atoms in total. The summed E-state index contributed by atoms with van der Waals surface area (Å²) >= 11 is 5.00. The molecular formula is C14H21BrN2O2S. The molecule has 20 heavy (non-hydrogen) atoms. The fourth-order valence-electron chi connectivity index (χ4n) is 1.55. The lowest BCUT2D eigenvalue weighted by Crippen LogP contribution is -2.48. The Hall–Kier alpha value is -0.880. The van der Waals surface area contributed by atoms with Gasteiger partial charge in [0.1, 0.15) is 6.04 Å². The molecular weight excluding hydrogens is 340 g/mol. The summed E-state index contributed by atoms with van der Waals surface area (Å²) < 4.78 is 1.04. The van der Waals surface area contributed by atoms with Gasteiger partial charge in [-0.25, -0.2) is 0 Å². The Morgan fingerprint density at radius 2 is 2.00 bits per heavy atom. The number of carbonyl (C=O) groups is 2. The van der Waals surface area contributed by atoms with Crippen molar-refractivity contribution in [3.8, 4) is 0 Å². The van der Waals surface area contributed by atoms with E-state index in [1.807, 2.05) is 32.9 Å². The third kappa shape index (κ3) is 4.90. The molecule has 2 amide bonds. The molecule has 0 fully saturated rings. The number of carbonyl (C=O) groups excluding carboxylic acids is 2. The average Bonchev–Trinajstić information content (AvgIpc) is 2.72. The van der Waals surface area contributed by atoms with Crippen LogP contribution in [0.15, 0.2) is 15.9 Å². The molecule has 0 aliphatic rings. The second-order valence-corrected chi connectivity index (χ2v) is 8.39. The molecule has 1 rings (SSSR count). The molecule has 0 saturated carbocycles. The first-order chi connectivity index (χ1) is 9.11. The van der Waals surface area contributed by atoms with Crippen LogP contribution >= 0.6 is 27.3 Å². The lowest BCUT2D eigenvalue weighted by atomic mass is 9.95. The van der Waals surface area contributed by atoms with E-state index >= 15 is 0 Å². The normalized spacial score (nSPS) is 12.9. The van der Waals surface area contributed by atoms with Crippen LogP contribution in [0.5, 0.6) is 0 Å². The molecule has 0 spiro atoms. The molecule has 1 aromatic rings. The van der Waals surface area contributed by atoms with Crippen molar-refractivity contribution in [3.63, 3.8) is 0 Å². The molecule has 0 aliphatic carbocycles. The first kappa shape index (κ1) is 17.2. The predicted octanol–water partition coefficient (Wildman–Crippen LogP) is 3.02. The van der Waals surface area contributed by atoms with Gasteiger partial charge in [0.05, 0.1) is 10.3 Å². The second kappa shape index (κ2) is 6.72. The van der Waals surface area contributed by atoms with Gasteiger partial charge in [0, 0.05) is 17.3 Å². The standard InChI is InChI=1S/C14H21BrN2O2S/c1-9(16-13(19)14(2,3)4)12(18)17(5)8-10-6-7-11(15)20-10/h6-7,9H,8H2,1-5H3,(H,16,19)/t9-/m1/s1. The summed E-state index contributed by atoms with van der Waals surface area (Å²) in [4.78, 5) is 26.8. The van der Waals surface area contributed by atoms with Crippen LogP contribution < -0.4 is 5.32 Å². The van der Waals surface area contributed by atoms with E-state index in [2.05, 4.69) is 21.2 Å². The summed E-state index contributed by atoms with van der Waals surface area (Å²) in [7, 11) is 1.75. The van der Waals surface area contributed by atoms with Gasteiger partial charge in [0.25, 0.3) is 0 Å². The van der Waals surface area contributed by atoms with Crippen LogP contribution in [0, 0.1) is 5.41 Å². The van der Waals surface area contributed by atoms with Crippen molar-refractivity contribution < 1.29 is 9.59 Å². The largest absolute Gasteiger partial charge is 0.344 e. The van der Waals surface area contributed by atoms with E-state index in [0.29, 0.717) is 6.54 Å². The van der Waals surface area contributed by atoms with E-state index in [4.69, 9.17) is 0 Å². The maximum atomic E-state index is 12.2. The van der Waals surface area contributed by atoms with Gasteiger partial charge in [0.15, 0.2) is 0 Å². The summed E-state index contributed by atoms with van der Waals surface area (Å²) in [6.07, 6.45) is 0. The van der Waals surface area contributed by atoms with E-state index in [0.717, 1.165) is 8.66 Å². The summed E-state index contributed by atoms with van der Waals surface area (Å²) in [5, 5.41) is 2.76. The molecule has 1 N–H and O–H groups in total. The van der Waals surface area contributed by atoms with Crippen molar-refractivity contribution in [2.24, 2.45) is 5.41 Å². The van der Waals surface area contributed by atoms with Crippen LogP contribution in [0.1, 0.15) is 32.6 Å². The van der Waals surface area contributed by atoms with E-state index in [1.165, 1.54) is 0 Å². The Morgan fingerprint density at radius 3 is 2.45 bits per heavy atom.